The lowest BCUT2D eigenvalue weighted by atomic mass is 9.86. The Bertz CT molecular complexity index is 590. The highest BCUT2D eigenvalue weighted by atomic mass is 35.5. The maximum atomic E-state index is 11.9. The van der Waals surface area contributed by atoms with E-state index < -0.39 is 5.97 Å². The van der Waals surface area contributed by atoms with E-state index in [1.54, 1.807) is 12.1 Å². The van der Waals surface area contributed by atoms with Crippen molar-refractivity contribution in [2.24, 2.45) is 5.92 Å². The lowest BCUT2D eigenvalue weighted by Gasteiger charge is -2.29. The molecule has 2 rings (SSSR count). The number of ether oxygens (including phenoxy) is 2. The van der Waals surface area contributed by atoms with Gasteiger partial charge in [0.15, 0.2) is 13.2 Å². The zero-order valence-electron chi connectivity index (χ0n) is 14.1. The van der Waals surface area contributed by atoms with Crippen LogP contribution < -0.4 is 10.1 Å². The second kappa shape index (κ2) is 8.92. The molecule has 24 heavy (non-hydrogen) atoms. The molecule has 0 spiro atoms. The molecule has 0 bridgehead atoms. The topological polar surface area (TPSA) is 64.6 Å². The molecule has 132 valence electrons. The minimum Gasteiger partial charge on any atom is -0.480 e. The Labute approximate surface area is 147 Å². The first kappa shape index (κ1) is 18.6. The van der Waals surface area contributed by atoms with Crippen LogP contribution in [-0.4, -0.2) is 31.1 Å². The summed E-state index contributed by atoms with van der Waals surface area (Å²) in [6.45, 7) is 3.47. The minimum absolute atomic E-state index is 0.173. The van der Waals surface area contributed by atoms with Gasteiger partial charge >= 0.3 is 5.97 Å². The monoisotopic (exact) mass is 353 g/mol. The quantitative estimate of drug-likeness (QED) is 0.797. The summed E-state index contributed by atoms with van der Waals surface area (Å²) in [7, 11) is 0. The third-order valence-electron chi connectivity index (χ3n) is 4.25. The Morgan fingerprint density at radius 1 is 1.25 bits per heavy atom. The van der Waals surface area contributed by atoms with Crippen molar-refractivity contribution in [3.63, 3.8) is 0 Å². The summed E-state index contributed by atoms with van der Waals surface area (Å²) in [6, 6.07) is 5.47. The molecule has 0 aliphatic heterocycles. The second-order valence-electron chi connectivity index (χ2n) is 6.32. The highest BCUT2D eigenvalue weighted by Crippen LogP contribution is 2.25. The summed E-state index contributed by atoms with van der Waals surface area (Å²) in [5.74, 6) is 0.0226. The molecule has 5 nitrogen and oxygen atoms in total. The Kier molecular flexibility index (Phi) is 6.91. The number of hydrogen-bond donors (Lipinski definition) is 1. The van der Waals surface area contributed by atoms with Crippen LogP contribution in [0.2, 0.25) is 5.02 Å². The number of halogens is 1. The van der Waals surface area contributed by atoms with Crippen molar-refractivity contribution in [1.82, 2.24) is 5.32 Å². The van der Waals surface area contributed by atoms with E-state index in [1.807, 2.05) is 13.0 Å². The molecular weight excluding hydrogens is 330 g/mol. The molecule has 1 saturated carbocycles. The number of benzene rings is 1. The van der Waals surface area contributed by atoms with E-state index in [1.165, 1.54) is 6.42 Å². The van der Waals surface area contributed by atoms with Gasteiger partial charge in [-0.15, -0.1) is 0 Å². The van der Waals surface area contributed by atoms with E-state index >= 15 is 0 Å². The fourth-order valence-corrected chi connectivity index (χ4v) is 3.00. The van der Waals surface area contributed by atoms with Crippen molar-refractivity contribution >= 4 is 23.5 Å². The molecular formula is C18H24ClNO4. The van der Waals surface area contributed by atoms with Gasteiger partial charge < -0.3 is 14.8 Å². The van der Waals surface area contributed by atoms with Crippen molar-refractivity contribution < 1.29 is 19.1 Å². The van der Waals surface area contributed by atoms with E-state index in [0.717, 1.165) is 24.8 Å². The van der Waals surface area contributed by atoms with Crippen LogP contribution in [0.5, 0.6) is 5.75 Å². The number of esters is 1. The average Bonchev–Trinajstić information content (AvgIpc) is 2.56. The molecule has 1 aliphatic rings. The molecule has 1 N–H and O–H groups in total. The molecule has 1 aromatic carbocycles. The Hall–Kier alpha value is -1.75. The number of amides is 1. The predicted molar refractivity (Wildman–Crippen MR) is 92.2 cm³/mol. The van der Waals surface area contributed by atoms with Crippen molar-refractivity contribution in [2.75, 3.05) is 13.2 Å². The van der Waals surface area contributed by atoms with Crippen LogP contribution in [0, 0.1) is 12.8 Å². The largest absolute Gasteiger partial charge is 0.480 e. The van der Waals surface area contributed by atoms with Crippen LogP contribution in [0.25, 0.3) is 0 Å². The standard InChI is InChI=1S/C18H24ClNO4/c1-12-7-8-14(19)16(9-12)23-11-18(22)24-10-17(21)20-15-6-4-3-5-13(15)2/h7-9,13,15H,3-6,10-11H2,1-2H3,(H,20,21)/t13-,15-/m0/s1. The highest BCUT2D eigenvalue weighted by molar-refractivity contribution is 6.32. The Morgan fingerprint density at radius 3 is 2.75 bits per heavy atom. The summed E-state index contributed by atoms with van der Waals surface area (Å²) in [6.07, 6.45) is 4.44. The summed E-state index contributed by atoms with van der Waals surface area (Å²) >= 11 is 5.99. The molecule has 0 aromatic heterocycles. The first-order valence-corrected chi connectivity index (χ1v) is 8.67. The number of nitrogens with one attached hydrogen (secondary N) is 1. The molecule has 1 aromatic rings. The summed E-state index contributed by atoms with van der Waals surface area (Å²) in [5.41, 5.74) is 0.976. The lowest BCUT2D eigenvalue weighted by molar-refractivity contribution is -0.150. The lowest BCUT2D eigenvalue weighted by Crippen LogP contribution is -2.43. The number of carbonyl (C=O) groups excluding carboxylic acids is 2. The van der Waals surface area contributed by atoms with Gasteiger partial charge in [0.25, 0.3) is 5.91 Å². The van der Waals surface area contributed by atoms with Gasteiger partial charge in [0.05, 0.1) is 5.02 Å². The Balaban J connectivity index is 1.70. The van der Waals surface area contributed by atoms with Gasteiger partial charge in [0, 0.05) is 6.04 Å². The average molecular weight is 354 g/mol. The fraction of sp³-hybridized carbons (Fsp3) is 0.556. The molecule has 1 amide bonds. The number of aryl methyl sites for hydroxylation is 1. The van der Waals surface area contributed by atoms with E-state index in [2.05, 4.69) is 12.2 Å². The third-order valence-corrected chi connectivity index (χ3v) is 4.57. The van der Waals surface area contributed by atoms with Crippen LogP contribution >= 0.6 is 11.6 Å². The van der Waals surface area contributed by atoms with E-state index in [-0.39, 0.29) is 25.2 Å². The van der Waals surface area contributed by atoms with Crippen molar-refractivity contribution in [3.05, 3.63) is 28.8 Å². The van der Waals surface area contributed by atoms with Crippen LogP contribution in [0.4, 0.5) is 0 Å². The first-order valence-electron chi connectivity index (χ1n) is 8.29. The van der Waals surface area contributed by atoms with Crippen molar-refractivity contribution in [3.8, 4) is 5.75 Å². The van der Waals surface area contributed by atoms with Crippen LogP contribution in [0.1, 0.15) is 38.2 Å². The molecule has 0 heterocycles. The molecule has 1 fully saturated rings. The van der Waals surface area contributed by atoms with Gasteiger partial charge in [-0.05, 0) is 43.4 Å². The molecule has 6 heteroatoms. The number of hydrogen-bond acceptors (Lipinski definition) is 4. The van der Waals surface area contributed by atoms with Gasteiger partial charge in [-0.3, -0.25) is 4.79 Å². The Morgan fingerprint density at radius 2 is 2.00 bits per heavy atom. The second-order valence-corrected chi connectivity index (χ2v) is 6.73. The van der Waals surface area contributed by atoms with Crippen molar-refractivity contribution in [2.45, 2.75) is 45.6 Å². The summed E-state index contributed by atoms with van der Waals surface area (Å²) in [5, 5.41) is 3.36. The number of carbonyl (C=O) groups is 2. The van der Waals surface area contributed by atoms with Gasteiger partial charge in [0.1, 0.15) is 5.75 Å². The molecule has 0 saturated heterocycles. The fourth-order valence-electron chi connectivity index (χ4n) is 2.82. The minimum atomic E-state index is -0.598. The first-order chi connectivity index (χ1) is 11.5. The molecule has 2 atom stereocenters. The van der Waals surface area contributed by atoms with Crippen LogP contribution in [0.3, 0.4) is 0 Å². The van der Waals surface area contributed by atoms with Crippen LogP contribution in [0.15, 0.2) is 18.2 Å². The smallest absolute Gasteiger partial charge is 0.344 e. The number of rotatable bonds is 6. The molecule has 1 aliphatic carbocycles. The zero-order chi connectivity index (χ0) is 17.5. The highest BCUT2D eigenvalue weighted by Gasteiger charge is 2.23. The molecule has 0 unspecified atom stereocenters. The summed E-state index contributed by atoms with van der Waals surface area (Å²) < 4.78 is 10.3. The van der Waals surface area contributed by atoms with E-state index in [4.69, 9.17) is 21.1 Å². The van der Waals surface area contributed by atoms with Crippen LogP contribution in [-0.2, 0) is 14.3 Å². The maximum absolute atomic E-state index is 11.9. The third kappa shape index (κ3) is 5.71. The maximum Gasteiger partial charge on any atom is 0.344 e. The van der Waals surface area contributed by atoms with Gasteiger partial charge in [-0.1, -0.05) is 37.4 Å². The van der Waals surface area contributed by atoms with Gasteiger partial charge in [0.2, 0.25) is 0 Å². The predicted octanol–water partition coefficient (Wildman–Crippen LogP) is 3.27. The van der Waals surface area contributed by atoms with Crippen molar-refractivity contribution in [1.29, 1.82) is 0 Å². The van der Waals surface area contributed by atoms with E-state index in [9.17, 15) is 9.59 Å². The zero-order valence-corrected chi connectivity index (χ0v) is 14.9. The SMILES string of the molecule is Cc1ccc(Cl)c(OCC(=O)OCC(=O)N[C@H]2CCCC[C@@H]2C)c1. The van der Waals surface area contributed by atoms with Gasteiger partial charge in [-0.25, -0.2) is 4.79 Å². The molecule has 0 radical (unpaired) electrons. The van der Waals surface area contributed by atoms with E-state index in [0.29, 0.717) is 16.7 Å². The summed E-state index contributed by atoms with van der Waals surface area (Å²) in [4.78, 5) is 23.6. The van der Waals surface area contributed by atoms with Gasteiger partial charge in [-0.2, -0.15) is 0 Å². The normalized spacial score (nSPS) is 20.3.